The van der Waals surface area contributed by atoms with E-state index < -0.39 is 0 Å². The fourth-order valence-electron chi connectivity index (χ4n) is 4.22. The fraction of sp³-hybridized carbons (Fsp3) is 0.360. The first-order valence-corrected chi connectivity index (χ1v) is 11.6. The molecule has 1 saturated carbocycles. The van der Waals surface area contributed by atoms with E-state index in [-0.39, 0.29) is 17.9 Å². The SMILES string of the molecule is COc1cccc(/C=C2/Sc3ccc(C(=O)N[C@@H]4CCC[C@H](C)[C@H]4C)cc3NC2=O)c1. The topological polar surface area (TPSA) is 67.4 Å². The van der Waals surface area contributed by atoms with E-state index in [9.17, 15) is 9.59 Å². The zero-order valence-corrected chi connectivity index (χ0v) is 18.9. The van der Waals surface area contributed by atoms with Crippen molar-refractivity contribution in [3.05, 3.63) is 58.5 Å². The third kappa shape index (κ3) is 4.79. The smallest absolute Gasteiger partial charge is 0.262 e. The highest BCUT2D eigenvalue weighted by molar-refractivity contribution is 8.04. The predicted octanol–water partition coefficient (Wildman–Crippen LogP) is 5.34. The summed E-state index contributed by atoms with van der Waals surface area (Å²) < 4.78 is 5.25. The van der Waals surface area contributed by atoms with Gasteiger partial charge in [0.2, 0.25) is 0 Å². The van der Waals surface area contributed by atoms with Crippen molar-refractivity contribution in [1.29, 1.82) is 0 Å². The van der Waals surface area contributed by atoms with Crippen molar-refractivity contribution in [3.63, 3.8) is 0 Å². The van der Waals surface area contributed by atoms with Crippen LogP contribution in [0.15, 0.2) is 52.3 Å². The van der Waals surface area contributed by atoms with Crippen LogP contribution in [0.4, 0.5) is 5.69 Å². The van der Waals surface area contributed by atoms with Gasteiger partial charge in [-0.05, 0) is 60.2 Å². The van der Waals surface area contributed by atoms with E-state index in [1.807, 2.05) is 42.5 Å². The standard InChI is InChI=1S/C25H28N2O3S/c1-15-6-4-9-20(16(15)2)26-24(28)18-10-11-22-21(14-18)27-25(29)23(31-22)13-17-7-5-8-19(12-17)30-3/h5,7-8,10-16,20H,4,6,9H2,1-3H3,(H,26,28)(H,27,29)/b23-13+/t15-,16+,20+/m0/s1. The summed E-state index contributed by atoms with van der Waals surface area (Å²) in [7, 11) is 1.62. The van der Waals surface area contributed by atoms with E-state index in [0.717, 1.165) is 29.1 Å². The van der Waals surface area contributed by atoms with Crippen molar-refractivity contribution in [1.82, 2.24) is 5.32 Å². The Balaban J connectivity index is 1.50. The average molecular weight is 437 g/mol. The third-order valence-corrected chi connectivity index (χ3v) is 7.45. The molecule has 5 nitrogen and oxygen atoms in total. The second-order valence-electron chi connectivity index (χ2n) is 8.40. The molecule has 0 aromatic heterocycles. The van der Waals surface area contributed by atoms with Crippen LogP contribution in [0, 0.1) is 11.8 Å². The second-order valence-corrected chi connectivity index (χ2v) is 9.48. The largest absolute Gasteiger partial charge is 0.497 e. The van der Waals surface area contributed by atoms with Gasteiger partial charge >= 0.3 is 0 Å². The van der Waals surface area contributed by atoms with Gasteiger partial charge in [-0.2, -0.15) is 0 Å². The molecule has 0 saturated heterocycles. The average Bonchev–Trinajstić information content (AvgIpc) is 2.77. The lowest BCUT2D eigenvalue weighted by atomic mass is 9.78. The van der Waals surface area contributed by atoms with Crippen LogP contribution in [0.1, 0.15) is 49.0 Å². The quantitative estimate of drug-likeness (QED) is 0.635. The van der Waals surface area contributed by atoms with Crippen LogP contribution in [-0.2, 0) is 4.79 Å². The maximum atomic E-state index is 12.8. The first-order valence-electron chi connectivity index (χ1n) is 10.7. The van der Waals surface area contributed by atoms with Crippen molar-refractivity contribution in [2.24, 2.45) is 11.8 Å². The van der Waals surface area contributed by atoms with E-state index in [0.29, 0.717) is 28.0 Å². The molecular weight excluding hydrogens is 408 g/mol. The van der Waals surface area contributed by atoms with Crippen LogP contribution in [0.3, 0.4) is 0 Å². The third-order valence-electron chi connectivity index (χ3n) is 6.35. The molecule has 1 fully saturated rings. The van der Waals surface area contributed by atoms with Gasteiger partial charge in [-0.15, -0.1) is 0 Å². The van der Waals surface area contributed by atoms with Crippen LogP contribution < -0.4 is 15.4 Å². The number of hydrogen-bond donors (Lipinski definition) is 2. The first kappa shape index (κ1) is 21.5. The van der Waals surface area contributed by atoms with Crippen LogP contribution in [-0.4, -0.2) is 25.0 Å². The molecule has 2 amide bonds. The zero-order valence-electron chi connectivity index (χ0n) is 18.1. The number of amides is 2. The number of thioether (sulfide) groups is 1. The Morgan fingerprint density at radius 3 is 2.84 bits per heavy atom. The number of ether oxygens (including phenoxy) is 1. The van der Waals surface area contributed by atoms with Crippen LogP contribution in [0.5, 0.6) is 5.75 Å². The lowest BCUT2D eigenvalue weighted by Crippen LogP contribution is -2.43. The molecule has 0 spiro atoms. The lowest BCUT2D eigenvalue weighted by Gasteiger charge is -2.34. The van der Waals surface area contributed by atoms with E-state index in [4.69, 9.17) is 4.74 Å². The fourth-order valence-corrected chi connectivity index (χ4v) is 5.15. The van der Waals surface area contributed by atoms with Gasteiger partial charge < -0.3 is 15.4 Å². The summed E-state index contributed by atoms with van der Waals surface area (Å²) in [5.41, 5.74) is 2.15. The van der Waals surface area contributed by atoms with E-state index in [1.54, 1.807) is 13.2 Å². The van der Waals surface area contributed by atoms with Crippen molar-refractivity contribution in [3.8, 4) is 5.75 Å². The number of fused-ring (bicyclic) bond motifs is 1. The normalized spacial score (nSPS) is 24.3. The molecule has 1 heterocycles. The highest BCUT2D eigenvalue weighted by atomic mass is 32.2. The Bertz CT molecular complexity index is 1030. The Labute approximate surface area is 187 Å². The molecule has 2 aromatic carbocycles. The summed E-state index contributed by atoms with van der Waals surface area (Å²) in [5, 5.41) is 6.14. The Kier molecular flexibility index (Phi) is 6.37. The predicted molar refractivity (Wildman–Crippen MR) is 125 cm³/mol. The number of anilines is 1. The van der Waals surface area contributed by atoms with Gasteiger partial charge in [0, 0.05) is 16.5 Å². The highest BCUT2D eigenvalue weighted by Crippen LogP contribution is 2.39. The molecule has 6 heteroatoms. The minimum absolute atomic E-state index is 0.0780. The number of rotatable bonds is 4. The van der Waals surface area contributed by atoms with E-state index >= 15 is 0 Å². The van der Waals surface area contributed by atoms with Gasteiger partial charge in [0.15, 0.2) is 0 Å². The summed E-state index contributed by atoms with van der Waals surface area (Å²) in [6.07, 6.45) is 5.24. The maximum absolute atomic E-state index is 12.8. The number of benzene rings is 2. The molecule has 1 aliphatic heterocycles. The highest BCUT2D eigenvalue weighted by Gasteiger charge is 2.29. The molecular formula is C25H28N2O3S. The van der Waals surface area contributed by atoms with Gasteiger partial charge in [0.05, 0.1) is 17.7 Å². The molecule has 0 radical (unpaired) electrons. The Morgan fingerprint density at radius 2 is 2.03 bits per heavy atom. The number of carbonyl (C=O) groups excluding carboxylic acids is 2. The summed E-state index contributed by atoms with van der Waals surface area (Å²) in [6, 6.07) is 13.3. The van der Waals surface area contributed by atoms with Crippen molar-refractivity contribution in [2.75, 3.05) is 12.4 Å². The van der Waals surface area contributed by atoms with Gasteiger partial charge in [-0.1, -0.05) is 50.6 Å². The molecule has 0 unspecified atom stereocenters. The summed E-state index contributed by atoms with van der Waals surface area (Å²) in [6.45, 7) is 4.47. The van der Waals surface area contributed by atoms with Crippen LogP contribution >= 0.6 is 11.8 Å². The summed E-state index contributed by atoms with van der Waals surface area (Å²) >= 11 is 1.41. The number of methoxy groups -OCH3 is 1. The maximum Gasteiger partial charge on any atom is 0.262 e. The molecule has 162 valence electrons. The summed E-state index contributed by atoms with van der Waals surface area (Å²) in [5.74, 6) is 1.58. The van der Waals surface area contributed by atoms with Gasteiger partial charge in [0.25, 0.3) is 11.8 Å². The minimum Gasteiger partial charge on any atom is -0.497 e. The Hall–Kier alpha value is -2.73. The number of hydrogen-bond acceptors (Lipinski definition) is 4. The van der Waals surface area contributed by atoms with Gasteiger partial charge in [0.1, 0.15) is 5.75 Å². The van der Waals surface area contributed by atoms with E-state index in [1.165, 1.54) is 18.2 Å². The zero-order chi connectivity index (χ0) is 22.0. The van der Waals surface area contributed by atoms with Crippen LogP contribution in [0.25, 0.3) is 6.08 Å². The van der Waals surface area contributed by atoms with Crippen molar-refractivity contribution < 1.29 is 14.3 Å². The molecule has 1 aliphatic carbocycles. The molecule has 2 N–H and O–H groups in total. The Morgan fingerprint density at radius 1 is 1.19 bits per heavy atom. The van der Waals surface area contributed by atoms with Crippen LogP contribution in [0.2, 0.25) is 0 Å². The molecule has 0 bridgehead atoms. The molecule has 31 heavy (non-hydrogen) atoms. The lowest BCUT2D eigenvalue weighted by molar-refractivity contribution is -0.112. The minimum atomic E-state index is -0.174. The molecule has 3 atom stereocenters. The summed E-state index contributed by atoms with van der Waals surface area (Å²) in [4.78, 5) is 27.0. The first-order chi connectivity index (χ1) is 14.9. The van der Waals surface area contributed by atoms with Gasteiger partial charge in [-0.3, -0.25) is 9.59 Å². The second kappa shape index (κ2) is 9.18. The molecule has 2 aromatic rings. The monoisotopic (exact) mass is 436 g/mol. The number of carbonyl (C=O) groups is 2. The van der Waals surface area contributed by atoms with Crippen molar-refractivity contribution in [2.45, 2.75) is 44.0 Å². The van der Waals surface area contributed by atoms with Gasteiger partial charge in [-0.25, -0.2) is 0 Å². The molecule has 2 aliphatic rings. The van der Waals surface area contributed by atoms with Crippen molar-refractivity contribution >= 4 is 35.3 Å². The number of nitrogens with one attached hydrogen (secondary N) is 2. The molecule has 4 rings (SSSR count). The van der Waals surface area contributed by atoms with E-state index in [2.05, 4.69) is 24.5 Å².